The number of hydrogen-bond acceptors (Lipinski definition) is 7. The summed E-state index contributed by atoms with van der Waals surface area (Å²) in [5.41, 5.74) is 0. The van der Waals surface area contributed by atoms with Crippen LogP contribution < -0.4 is 0 Å². The molecule has 1 heterocycles. The minimum absolute atomic E-state index is 0.00781. The van der Waals surface area contributed by atoms with Gasteiger partial charge in [-0.25, -0.2) is 0 Å². The molecule has 0 N–H and O–H groups in total. The molecule has 1 rings (SSSR count). The van der Waals surface area contributed by atoms with Crippen LogP contribution in [0.25, 0.3) is 0 Å². The molecule has 0 amide bonds. The lowest BCUT2D eigenvalue weighted by Crippen LogP contribution is -2.37. The maximum absolute atomic E-state index is 12.4. The zero-order valence-corrected chi connectivity index (χ0v) is 40.7. The predicted molar refractivity (Wildman–Crippen MR) is 255 cm³/mol. The number of hydrogen-bond donors (Lipinski definition) is 0. The highest BCUT2D eigenvalue weighted by atomic mass is 16.5. The van der Waals surface area contributed by atoms with Crippen molar-refractivity contribution < 1.29 is 28.5 Å². The number of carbonyl (C=O) groups excluding carboxylic acids is 2. The Morgan fingerprint density at radius 3 is 1.22 bits per heavy atom. The maximum atomic E-state index is 12.4. The van der Waals surface area contributed by atoms with E-state index in [1.54, 1.807) is 0 Å². The Morgan fingerprint density at radius 2 is 0.800 bits per heavy atom. The van der Waals surface area contributed by atoms with Crippen LogP contribution in [0.3, 0.4) is 0 Å². The van der Waals surface area contributed by atoms with E-state index in [2.05, 4.69) is 32.6 Å². The lowest BCUT2D eigenvalue weighted by atomic mass is 9.92. The standard InChI is InChI=1S/C53H103NO6/c1-5-9-21-30-49(31-22-10-6-2)38-44-59-52(55)36-27-19-15-13-17-25-34-51(48-58-43-29-40-54-41-46-57-47-42-54)35-26-18-14-16-20-28-37-53(56)60-45-39-50(32-23-11-7-3)33-24-12-8-4/h49-51H,5-48H2,1-4H3. The first-order chi connectivity index (χ1) is 29.5. The number of esters is 2. The molecule has 0 unspecified atom stereocenters. The molecule has 1 aliphatic rings. The van der Waals surface area contributed by atoms with E-state index in [-0.39, 0.29) is 11.9 Å². The molecule has 0 radical (unpaired) electrons. The van der Waals surface area contributed by atoms with Gasteiger partial charge in [-0.2, -0.15) is 0 Å². The van der Waals surface area contributed by atoms with E-state index in [1.165, 1.54) is 167 Å². The highest BCUT2D eigenvalue weighted by Crippen LogP contribution is 2.24. The Morgan fingerprint density at radius 1 is 0.433 bits per heavy atom. The largest absolute Gasteiger partial charge is 0.466 e. The quantitative estimate of drug-likeness (QED) is 0.0446. The molecular weight excluding hydrogens is 747 g/mol. The van der Waals surface area contributed by atoms with Gasteiger partial charge >= 0.3 is 11.9 Å². The number of rotatable bonds is 46. The molecule has 1 fully saturated rings. The summed E-state index contributed by atoms with van der Waals surface area (Å²) < 4.78 is 23.1. The van der Waals surface area contributed by atoms with Gasteiger partial charge in [0.05, 0.1) is 26.4 Å². The summed E-state index contributed by atoms with van der Waals surface area (Å²) in [7, 11) is 0. The third-order valence-electron chi connectivity index (χ3n) is 13.1. The summed E-state index contributed by atoms with van der Waals surface area (Å²) in [6.07, 6.45) is 41.8. The summed E-state index contributed by atoms with van der Waals surface area (Å²) >= 11 is 0. The third-order valence-corrected chi connectivity index (χ3v) is 13.1. The first-order valence-corrected chi connectivity index (χ1v) is 26.7. The van der Waals surface area contributed by atoms with Crippen LogP contribution in [0.4, 0.5) is 0 Å². The molecule has 0 atom stereocenters. The minimum Gasteiger partial charge on any atom is -0.466 e. The van der Waals surface area contributed by atoms with Crippen LogP contribution >= 0.6 is 0 Å². The van der Waals surface area contributed by atoms with Crippen molar-refractivity contribution in [1.82, 2.24) is 4.90 Å². The van der Waals surface area contributed by atoms with Crippen molar-refractivity contribution in [2.75, 3.05) is 59.3 Å². The molecule has 7 nitrogen and oxygen atoms in total. The van der Waals surface area contributed by atoms with Crippen LogP contribution in [0.2, 0.25) is 0 Å². The van der Waals surface area contributed by atoms with Gasteiger partial charge in [0, 0.05) is 45.7 Å². The average Bonchev–Trinajstić information content (AvgIpc) is 3.25. The van der Waals surface area contributed by atoms with Gasteiger partial charge in [-0.1, -0.05) is 195 Å². The topological polar surface area (TPSA) is 74.3 Å². The van der Waals surface area contributed by atoms with Crippen molar-refractivity contribution in [3.8, 4) is 0 Å². The van der Waals surface area contributed by atoms with E-state index in [9.17, 15) is 9.59 Å². The van der Waals surface area contributed by atoms with Crippen LogP contribution in [0.1, 0.15) is 252 Å². The van der Waals surface area contributed by atoms with Crippen LogP contribution in [0, 0.1) is 17.8 Å². The van der Waals surface area contributed by atoms with Crippen LogP contribution in [-0.4, -0.2) is 76.1 Å². The van der Waals surface area contributed by atoms with E-state index in [1.807, 2.05) is 0 Å². The maximum Gasteiger partial charge on any atom is 0.305 e. The van der Waals surface area contributed by atoms with Crippen molar-refractivity contribution in [2.24, 2.45) is 17.8 Å². The Balaban J connectivity index is 2.23. The van der Waals surface area contributed by atoms with Crippen molar-refractivity contribution >= 4 is 11.9 Å². The molecule has 60 heavy (non-hydrogen) atoms. The molecule has 1 aliphatic heterocycles. The fraction of sp³-hybridized carbons (Fsp3) is 0.962. The van der Waals surface area contributed by atoms with Crippen LogP contribution in [0.15, 0.2) is 0 Å². The summed E-state index contributed by atoms with van der Waals surface area (Å²) in [4.78, 5) is 27.3. The number of carbonyl (C=O) groups is 2. The van der Waals surface area contributed by atoms with E-state index in [0.717, 1.165) is 103 Å². The Labute approximate surface area is 373 Å². The summed E-state index contributed by atoms with van der Waals surface area (Å²) in [5.74, 6) is 2.10. The predicted octanol–water partition coefficient (Wildman–Crippen LogP) is 15.0. The van der Waals surface area contributed by atoms with Gasteiger partial charge in [-0.05, 0) is 62.7 Å². The van der Waals surface area contributed by atoms with Crippen LogP contribution in [-0.2, 0) is 28.5 Å². The monoisotopic (exact) mass is 850 g/mol. The lowest BCUT2D eigenvalue weighted by Gasteiger charge is -2.26. The van der Waals surface area contributed by atoms with E-state index < -0.39 is 0 Å². The van der Waals surface area contributed by atoms with Gasteiger partial charge in [0.25, 0.3) is 0 Å². The first-order valence-electron chi connectivity index (χ1n) is 26.7. The Kier molecular flexibility index (Phi) is 42.1. The molecule has 1 saturated heterocycles. The Hall–Kier alpha value is -1.18. The van der Waals surface area contributed by atoms with Crippen molar-refractivity contribution in [3.05, 3.63) is 0 Å². The third kappa shape index (κ3) is 37.4. The average molecular weight is 850 g/mol. The summed E-state index contributed by atoms with van der Waals surface area (Å²) in [6.45, 7) is 17.0. The molecule has 0 aliphatic carbocycles. The second-order valence-corrected chi connectivity index (χ2v) is 18.8. The van der Waals surface area contributed by atoms with E-state index in [0.29, 0.717) is 32.0 Å². The molecule has 0 aromatic heterocycles. The van der Waals surface area contributed by atoms with Gasteiger partial charge in [0.15, 0.2) is 0 Å². The van der Waals surface area contributed by atoms with Crippen molar-refractivity contribution in [1.29, 1.82) is 0 Å². The SMILES string of the molecule is CCCCCC(CCCCC)CCOC(=O)CCCCCCCCC(CCCCCCCCC(=O)OCCC(CCCCC)CCCCC)COCCCN1CCOCC1. The van der Waals surface area contributed by atoms with Gasteiger partial charge < -0.3 is 18.9 Å². The van der Waals surface area contributed by atoms with Gasteiger partial charge in [0.2, 0.25) is 0 Å². The number of ether oxygens (including phenoxy) is 4. The van der Waals surface area contributed by atoms with Crippen molar-refractivity contribution in [2.45, 2.75) is 252 Å². The van der Waals surface area contributed by atoms with Crippen molar-refractivity contribution in [3.63, 3.8) is 0 Å². The molecule has 0 saturated carbocycles. The van der Waals surface area contributed by atoms with E-state index >= 15 is 0 Å². The van der Waals surface area contributed by atoms with Gasteiger partial charge in [-0.15, -0.1) is 0 Å². The highest BCUT2D eigenvalue weighted by Gasteiger charge is 2.14. The zero-order chi connectivity index (χ0) is 43.4. The zero-order valence-electron chi connectivity index (χ0n) is 40.7. The number of nitrogens with zero attached hydrogens (tertiary/aromatic N) is 1. The summed E-state index contributed by atoms with van der Waals surface area (Å²) in [5, 5.41) is 0. The normalized spacial score (nSPS) is 13.6. The molecule has 356 valence electrons. The fourth-order valence-electron chi connectivity index (χ4n) is 9.02. The highest BCUT2D eigenvalue weighted by molar-refractivity contribution is 5.69. The second kappa shape index (κ2) is 44.4. The second-order valence-electron chi connectivity index (χ2n) is 18.8. The minimum atomic E-state index is 0.00781. The first kappa shape index (κ1) is 56.8. The molecule has 0 aromatic rings. The molecular formula is C53H103NO6. The lowest BCUT2D eigenvalue weighted by molar-refractivity contribution is -0.145. The van der Waals surface area contributed by atoms with Gasteiger partial charge in [-0.3, -0.25) is 14.5 Å². The molecule has 0 bridgehead atoms. The molecule has 7 heteroatoms. The Bertz CT molecular complexity index is 832. The van der Waals surface area contributed by atoms with Crippen LogP contribution in [0.5, 0.6) is 0 Å². The smallest absolute Gasteiger partial charge is 0.305 e. The molecule has 0 aromatic carbocycles. The van der Waals surface area contributed by atoms with E-state index in [4.69, 9.17) is 18.9 Å². The fourth-order valence-corrected chi connectivity index (χ4v) is 9.02. The summed E-state index contributed by atoms with van der Waals surface area (Å²) in [6, 6.07) is 0. The number of morpholine rings is 1. The van der Waals surface area contributed by atoms with Gasteiger partial charge in [0.1, 0.15) is 0 Å². The number of unbranched alkanes of at least 4 members (excludes halogenated alkanes) is 18. The molecule has 0 spiro atoms.